The first-order valence-corrected chi connectivity index (χ1v) is 8.27. The summed E-state index contributed by atoms with van der Waals surface area (Å²) in [6, 6.07) is 0. The van der Waals surface area contributed by atoms with Crippen LogP contribution in [0.25, 0.3) is 10.2 Å². The Kier molecular flexibility index (Phi) is 3.53. The Morgan fingerprint density at radius 3 is 2.81 bits per heavy atom. The van der Waals surface area contributed by atoms with E-state index in [4.69, 9.17) is 11.5 Å². The quantitative estimate of drug-likeness (QED) is 0.810. The lowest BCUT2D eigenvalue weighted by molar-refractivity contribution is 0.271. The third-order valence-electron chi connectivity index (χ3n) is 4.75. The average Bonchev–Trinajstić information content (AvgIpc) is 2.81. The van der Waals surface area contributed by atoms with E-state index in [-0.39, 0.29) is 5.41 Å². The number of hydrogen-bond donors (Lipinski definition) is 3. The zero-order valence-corrected chi connectivity index (χ0v) is 13.7. The zero-order chi connectivity index (χ0) is 15.2. The van der Waals surface area contributed by atoms with Crippen molar-refractivity contribution in [1.29, 1.82) is 0 Å². The first-order chi connectivity index (χ1) is 9.98. The number of rotatable bonds is 3. The molecule has 1 aliphatic rings. The van der Waals surface area contributed by atoms with Crippen LogP contribution in [0.2, 0.25) is 0 Å². The van der Waals surface area contributed by atoms with Gasteiger partial charge < -0.3 is 16.8 Å². The number of nitrogens with zero attached hydrogens (tertiary/aromatic N) is 2. The van der Waals surface area contributed by atoms with Gasteiger partial charge in [-0.2, -0.15) is 4.98 Å². The Morgan fingerprint density at radius 2 is 2.14 bits per heavy atom. The molecule has 5 nitrogen and oxygen atoms in total. The number of nitrogen functional groups attached to an aromatic ring is 1. The molecule has 0 bridgehead atoms. The molecule has 114 valence electrons. The number of aryl methyl sites for hydroxylation is 1. The number of nitrogens with one attached hydrogen (secondary N) is 1. The first kappa shape index (κ1) is 14.5. The lowest BCUT2D eigenvalue weighted by Gasteiger charge is -2.38. The highest BCUT2D eigenvalue weighted by atomic mass is 32.1. The average molecular weight is 305 g/mol. The fourth-order valence-corrected chi connectivity index (χ4v) is 5.00. The van der Waals surface area contributed by atoms with Crippen LogP contribution in [-0.2, 0) is 11.8 Å². The minimum Gasteiger partial charge on any atom is -0.372 e. The highest BCUT2D eigenvalue weighted by Crippen LogP contribution is 2.49. The van der Waals surface area contributed by atoms with E-state index in [9.17, 15) is 0 Å². The third-order valence-corrected chi connectivity index (χ3v) is 6.31. The van der Waals surface area contributed by atoms with E-state index in [1.165, 1.54) is 16.9 Å². The number of nitrogens with two attached hydrogens (primary N) is 2. The van der Waals surface area contributed by atoms with Crippen molar-refractivity contribution in [2.24, 2.45) is 11.7 Å². The van der Waals surface area contributed by atoms with Gasteiger partial charge in [-0.1, -0.05) is 13.8 Å². The molecular weight excluding hydrogens is 282 g/mol. The van der Waals surface area contributed by atoms with Gasteiger partial charge >= 0.3 is 0 Å². The molecule has 0 saturated carbocycles. The molecule has 21 heavy (non-hydrogen) atoms. The highest BCUT2D eigenvalue weighted by Gasteiger charge is 2.39. The van der Waals surface area contributed by atoms with Crippen LogP contribution in [0, 0.1) is 5.92 Å². The Balaban J connectivity index is 2.21. The second-order valence-electron chi connectivity index (χ2n) is 6.30. The van der Waals surface area contributed by atoms with Gasteiger partial charge in [-0.3, -0.25) is 0 Å². The van der Waals surface area contributed by atoms with Crippen LogP contribution in [0.15, 0.2) is 0 Å². The number of anilines is 2. The van der Waals surface area contributed by atoms with Crippen molar-refractivity contribution < 1.29 is 0 Å². The Bertz CT molecular complexity index is 676. The second kappa shape index (κ2) is 5.10. The summed E-state index contributed by atoms with van der Waals surface area (Å²) in [5.74, 6) is 1.81. The van der Waals surface area contributed by atoms with E-state index < -0.39 is 0 Å². The molecule has 2 aromatic heterocycles. The summed E-state index contributed by atoms with van der Waals surface area (Å²) in [7, 11) is 1.88. The van der Waals surface area contributed by atoms with Crippen molar-refractivity contribution in [3.63, 3.8) is 0 Å². The largest absolute Gasteiger partial charge is 0.372 e. The molecule has 2 heterocycles. The highest BCUT2D eigenvalue weighted by molar-refractivity contribution is 7.20. The van der Waals surface area contributed by atoms with E-state index >= 15 is 0 Å². The van der Waals surface area contributed by atoms with Crippen LogP contribution >= 0.6 is 11.3 Å². The monoisotopic (exact) mass is 305 g/mol. The summed E-state index contributed by atoms with van der Waals surface area (Å²) in [6.45, 7) is 5.41. The fraction of sp³-hybridized carbons (Fsp3) is 0.600. The zero-order valence-electron chi connectivity index (χ0n) is 12.9. The second-order valence-corrected chi connectivity index (χ2v) is 7.32. The smallest absolute Gasteiger partial charge is 0.222 e. The van der Waals surface area contributed by atoms with Crippen LogP contribution in [-0.4, -0.2) is 23.6 Å². The Morgan fingerprint density at radius 1 is 1.38 bits per heavy atom. The maximum atomic E-state index is 5.86. The van der Waals surface area contributed by atoms with Gasteiger partial charge in [0.25, 0.3) is 0 Å². The summed E-state index contributed by atoms with van der Waals surface area (Å²) >= 11 is 1.81. The molecule has 0 spiro atoms. The van der Waals surface area contributed by atoms with Gasteiger partial charge in [0.1, 0.15) is 5.82 Å². The van der Waals surface area contributed by atoms with Crippen molar-refractivity contribution in [2.45, 2.75) is 38.5 Å². The molecule has 1 aliphatic carbocycles. The Labute approximate surface area is 129 Å². The summed E-state index contributed by atoms with van der Waals surface area (Å²) in [6.07, 6.45) is 3.30. The maximum Gasteiger partial charge on any atom is 0.222 e. The number of thiophene rings is 1. The molecule has 0 saturated heterocycles. The minimum atomic E-state index is 0.137. The lowest BCUT2D eigenvalue weighted by atomic mass is 9.68. The predicted molar refractivity (Wildman–Crippen MR) is 89.9 cm³/mol. The summed E-state index contributed by atoms with van der Waals surface area (Å²) in [5.41, 5.74) is 14.2. The van der Waals surface area contributed by atoms with Crippen LogP contribution in [0.3, 0.4) is 0 Å². The molecule has 2 aromatic rings. The summed E-state index contributed by atoms with van der Waals surface area (Å²) in [5, 5.41) is 3.14. The molecule has 0 aliphatic heterocycles. The lowest BCUT2D eigenvalue weighted by Crippen LogP contribution is -2.34. The molecule has 0 aromatic carbocycles. The van der Waals surface area contributed by atoms with Crippen LogP contribution in [0.4, 0.5) is 11.8 Å². The van der Waals surface area contributed by atoms with Crippen molar-refractivity contribution in [2.75, 3.05) is 24.6 Å². The topological polar surface area (TPSA) is 89.8 Å². The SMILES string of the molecule is CNc1nc(N)nc2c3c(sc12)C(C)(C)C(CCN)CC3. The van der Waals surface area contributed by atoms with Gasteiger partial charge in [-0.05, 0) is 37.3 Å². The molecule has 5 N–H and O–H groups in total. The van der Waals surface area contributed by atoms with E-state index in [1.807, 2.05) is 18.4 Å². The molecule has 0 amide bonds. The fourth-order valence-electron chi connectivity index (χ4n) is 3.53. The van der Waals surface area contributed by atoms with Crippen molar-refractivity contribution in [1.82, 2.24) is 9.97 Å². The molecule has 3 rings (SSSR count). The van der Waals surface area contributed by atoms with Crippen molar-refractivity contribution in [3.8, 4) is 0 Å². The number of fused-ring (bicyclic) bond motifs is 3. The summed E-state index contributed by atoms with van der Waals surface area (Å²) < 4.78 is 1.12. The van der Waals surface area contributed by atoms with Crippen molar-refractivity contribution >= 4 is 33.3 Å². The minimum absolute atomic E-state index is 0.137. The van der Waals surface area contributed by atoms with Gasteiger partial charge in [0.15, 0.2) is 0 Å². The normalized spacial score (nSPS) is 20.5. The van der Waals surface area contributed by atoms with E-state index in [0.29, 0.717) is 11.9 Å². The molecule has 0 fully saturated rings. The van der Waals surface area contributed by atoms with Gasteiger partial charge in [-0.25, -0.2) is 4.98 Å². The van der Waals surface area contributed by atoms with Gasteiger partial charge in [0.2, 0.25) is 5.95 Å². The standard InChI is InChI=1S/C15H23N5S/c1-15(2)8(6-7-16)4-5-9-10-11(21-12(9)15)13(18-3)20-14(17)19-10/h8H,4-7,16H2,1-3H3,(H3,17,18,19,20). The predicted octanol–water partition coefficient (Wildman–Crippen LogP) is 2.50. The number of aromatic nitrogens is 2. The van der Waals surface area contributed by atoms with E-state index in [2.05, 4.69) is 29.1 Å². The molecular formula is C15H23N5S. The Hall–Kier alpha value is -1.40. The van der Waals surface area contributed by atoms with Crippen LogP contribution in [0.5, 0.6) is 0 Å². The molecule has 6 heteroatoms. The van der Waals surface area contributed by atoms with Crippen molar-refractivity contribution in [3.05, 3.63) is 10.4 Å². The maximum absolute atomic E-state index is 5.86. The number of hydrogen-bond acceptors (Lipinski definition) is 6. The van der Waals surface area contributed by atoms with Gasteiger partial charge in [0, 0.05) is 17.3 Å². The first-order valence-electron chi connectivity index (χ1n) is 7.46. The molecule has 0 radical (unpaired) electrons. The van der Waals surface area contributed by atoms with Gasteiger partial charge in [-0.15, -0.1) is 11.3 Å². The van der Waals surface area contributed by atoms with Crippen LogP contribution < -0.4 is 16.8 Å². The molecule has 1 unspecified atom stereocenters. The molecule has 1 atom stereocenters. The summed E-state index contributed by atoms with van der Waals surface area (Å²) in [4.78, 5) is 10.2. The van der Waals surface area contributed by atoms with E-state index in [1.54, 1.807) is 0 Å². The third kappa shape index (κ3) is 2.17. The van der Waals surface area contributed by atoms with E-state index in [0.717, 1.165) is 35.4 Å². The van der Waals surface area contributed by atoms with Crippen LogP contribution in [0.1, 0.15) is 37.1 Å². The van der Waals surface area contributed by atoms with Gasteiger partial charge in [0.05, 0.1) is 10.2 Å².